The second kappa shape index (κ2) is 10.1. The van der Waals surface area contributed by atoms with Gasteiger partial charge in [-0.05, 0) is 73.0 Å². The van der Waals surface area contributed by atoms with Crippen LogP contribution in [0.3, 0.4) is 0 Å². The molecule has 0 saturated heterocycles. The summed E-state index contributed by atoms with van der Waals surface area (Å²) < 4.78 is 6.31. The van der Waals surface area contributed by atoms with Crippen LogP contribution in [0.15, 0.2) is 65.8 Å². The Labute approximate surface area is 196 Å². The molecule has 4 rings (SSSR count). The highest BCUT2D eigenvalue weighted by atomic mass is 32.2. The first-order valence-electron chi connectivity index (χ1n) is 10.4. The van der Waals surface area contributed by atoms with E-state index in [2.05, 4.69) is 31.0 Å². The second-order valence-electron chi connectivity index (χ2n) is 7.46. The summed E-state index contributed by atoms with van der Waals surface area (Å²) in [5, 5.41) is 0.741. The lowest BCUT2D eigenvalue weighted by atomic mass is 10.1. The number of rotatable bonds is 8. The highest BCUT2D eigenvalue weighted by Gasteiger charge is 2.21. The van der Waals surface area contributed by atoms with Crippen LogP contribution >= 0.6 is 23.1 Å². The number of benzene rings is 2. The number of nitrogens with zero attached hydrogens (tertiary/aromatic N) is 3. The summed E-state index contributed by atoms with van der Waals surface area (Å²) in [6.07, 6.45) is 3.93. The number of ether oxygens (including phenoxy) is 1. The van der Waals surface area contributed by atoms with Gasteiger partial charge in [-0.3, -0.25) is 14.7 Å². The predicted molar refractivity (Wildman–Crippen MR) is 133 cm³/mol. The lowest BCUT2D eigenvalue weighted by Crippen LogP contribution is -2.30. The van der Waals surface area contributed by atoms with E-state index in [4.69, 9.17) is 9.72 Å². The molecule has 4 aromatic rings. The largest absolute Gasteiger partial charge is 0.497 e. The number of methoxy groups -OCH3 is 1. The first kappa shape index (κ1) is 22.3. The number of anilines is 1. The van der Waals surface area contributed by atoms with Crippen LogP contribution in [-0.4, -0.2) is 28.7 Å². The number of pyridine rings is 1. The van der Waals surface area contributed by atoms with Crippen LogP contribution in [0.4, 0.5) is 5.13 Å². The van der Waals surface area contributed by atoms with E-state index >= 15 is 0 Å². The molecule has 2 heterocycles. The Balaban J connectivity index is 1.53. The summed E-state index contributed by atoms with van der Waals surface area (Å²) in [4.78, 5) is 25.2. The predicted octanol–water partition coefficient (Wildman–Crippen LogP) is 6.03. The lowest BCUT2D eigenvalue weighted by molar-refractivity contribution is -0.118. The number of carbonyl (C=O) groups excluding carboxylic acids is 1. The highest BCUT2D eigenvalue weighted by Crippen LogP contribution is 2.33. The van der Waals surface area contributed by atoms with Crippen molar-refractivity contribution in [1.29, 1.82) is 0 Å². The van der Waals surface area contributed by atoms with E-state index in [0.717, 1.165) is 37.1 Å². The lowest BCUT2D eigenvalue weighted by Gasteiger charge is -2.20. The molecule has 1 amide bonds. The van der Waals surface area contributed by atoms with Gasteiger partial charge in [0.2, 0.25) is 5.91 Å². The van der Waals surface area contributed by atoms with Crippen LogP contribution in [0.25, 0.3) is 10.2 Å². The van der Waals surface area contributed by atoms with E-state index in [9.17, 15) is 4.79 Å². The summed E-state index contributed by atoms with van der Waals surface area (Å²) in [7, 11) is 1.66. The number of aryl methyl sites for hydroxylation is 2. The van der Waals surface area contributed by atoms with Crippen molar-refractivity contribution in [3.63, 3.8) is 0 Å². The van der Waals surface area contributed by atoms with Gasteiger partial charge in [0.1, 0.15) is 5.75 Å². The maximum atomic E-state index is 13.3. The molecule has 32 heavy (non-hydrogen) atoms. The van der Waals surface area contributed by atoms with Crippen LogP contribution in [0.2, 0.25) is 0 Å². The number of thioether (sulfide) groups is 1. The molecular formula is C25H25N3O2S2. The number of amides is 1. The Morgan fingerprint density at radius 1 is 1.06 bits per heavy atom. The van der Waals surface area contributed by atoms with Crippen molar-refractivity contribution in [2.75, 3.05) is 17.8 Å². The third-order valence-electron chi connectivity index (χ3n) is 5.34. The fourth-order valence-electron chi connectivity index (χ4n) is 3.33. The molecule has 0 radical (unpaired) electrons. The minimum absolute atomic E-state index is 0.0660. The third kappa shape index (κ3) is 5.11. The van der Waals surface area contributed by atoms with E-state index in [0.29, 0.717) is 18.7 Å². The molecule has 0 aliphatic rings. The van der Waals surface area contributed by atoms with E-state index in [1.165, 1.54) is 5.56 Å². The number of hydrogen-bond acceptors (Lipinski definition) is 6. The number of carbonyl (C=O) groups is 1. The van der Waals surface area contributed by atoms with Crippen LogP contribution in [-0.2, 0) is 11.3 Å². The molecule has 5 nitrogen and oxygen atoms in total. The average molecular weight is 464 g/mol. The molecule has 0 aliphatic carbocycles. The molecule has 0 N–H and O–H groups in total. The normalized spacial score (nSPS) is 11.0. The molecule has 0 atom stereocenters. The van der Waals surface area contributed by atoms with Gasteiger partial charge >= 0.3 is 0 Å². The van der Waals surface area contributed by atoms with Gasteiger partial charge < -0.3 is 4.74 Å². The van der Waals surface area contributed by atoms with Crippen LogP contribution in [0.5, 0.6) is 5.75 Å². The Kier molecular flexibility index (Phi) is 7.07. The molecule has 2 aromatic heterocycles. The standard InChI is InChI=1S/C25H25N3O2S2/c1-17-4-9-22-24(18(17)2)27-25(32-22)28(16-19-10-13-26-14-11-19)23(29)12-15-31-21-7-5-20(30-3)6-8-21/h4-11,13-14H,12,15-16H2,1-3H3. The molecule has 7 heteroatoms. The maximum Gasteiger partial charge on any atom is 0.229 e. The second-order valence-corrected chi connectivity index (χ2v) is 9.64. The maximum absolute atomic E-state index is 13.3. The average Bonchev–Trinajstić information content (AvgIpc) is 3.26. The SMILES string of the molecule is COc1ccc(SCCC(=O)N(Cc2ccncc2)c2nc3c(C)c(C)ccc3s2)cc1. The number of hydrogen-bond donors (Lipinski definition) is 0. The monoisotopic (exact) mass is 463 g/mol. The van der Waals surface area contributed by atoms with Gasteiger partial charge in [-0.15, -0.1) is 11.8 Å². The number of thiazole rings is 1. The summed E-state index contributed by atoms with van der Waals surface area (Å²) in [5.74, 6) is 1.59. The molecule has 0 spiro atoms. The van der Waals surface area contributed by atoms with E-state index in [1.807, 2.05) is 41.3 Å². The van der Waals surface area contributed by atoms with Gasteiger partial charge in [-0.25, -0.2) is 4.98 Å². The van der Waals surface area contributed by atoms with Crippen molar-refractivity contribution >= 4 is 44.4 Å². The minimum Gasteiger partial charge on any atom is -0.497 e. The molecule has 2 aromatic carbocycles. The van der Waals surface area contributed by atoms with Gasteiger partial charge in [-0.1, -0.05) is 17.4 Å². The smallest absolute Gasteiger partial charge is 0.229 e. The molecule has 0 saturated carbocycles. The molecule has 0 aliphatic heterocycles. The Morgan fingerprint density at radius 2 is 1.81 bits per heavy atom. The van der Waals surface area contributed by atoms with Gasteiger partial charge in [-0.2, -0.15) is 0 Å². The highest BCUT2D eigenvalue weighted by molar-refractivity contribution is 7.99. The van der Waals surface area contributed by atoms with Crippen molar-refractivity contribution < 1.29 is 9.53 Å². The summed E-state index contributed by atoms with van der Waals surface area (Å²) in [6, 6.07) is 16.0. The topological polar surface area (TPSA) is 55.3 Å². The number of fused-ring (bicyclic) bond motifs is 1. The zero-order valence-corrected chi connectivity index (χ0v) is 20.0. The third-order valence-corrected chi connectivity index (χ3v) is 7.40. The molecule has 0 unspecified atom stereocenters. The van der Waals surface area contributed by atoms with Gasteiger partial charge in [0.05, 0.1) is 23.9 Å². The quantitative estimate of drug-likeness (QED) is 0.299. The zero-order valence-electron chi connectivity index (χ0n) is 18.4. The molecule has 0 fully saturated rings. The summed E-state index contributed by atoms with van der Waals surface area (Å²) in [5.41, 5.74) is 4.38. The van der Waals surface area contributed by atoms with Crippen LogP contribution in [0.1, 0.15) is 23.1 Å². The first-order valence-corrected chi connectivity index (χ1v) is 12.2. The summed E-state index contributed by atoms with van der Waals surface area (Å²) >= 11 is 3.23. The Bertz CT molecular complexity index is 1210. The van der Waals surface area contributed by atoms with Gasteiger partial charge in [0, 0.05) is 29.5 Å². The molecule has 0 bridgehead atoms. The van der Waals surface area contributed by atoms with Crippen LogP contribution < -0.4 is 9.64 Å². The minimum atomic E-state index is 0.0660. The zero-order chi connectivity index (χ0) is 22.5. The van der Waals surface area contributed by atoms with Crippen molar-refractivity contribution in [1.82, 2.24) is 9.97 Å². The van der Waals surface area contributed by atoms with E-state index < -0.39 is 0 Å². The first-order chi connectivity index (χ1) is 15.5. The van der Waals surface area contributed by atoms with E-state index in [1.54, 1.807) is 42.6 Å². The van der Waals surface area contributed by atoms with Crippen molar-refractivity contribution in [3.05, 3.63) is 77.6 Å². The van der Waals surface area contributed by atoms with Crippen molar-refractivity contribution in [3.8, 4) is 5.75 Å². The van der Waals surface area contributed by atoms with Gasteiger partial charge in [0.25, 0.3) is 0 Å². The van der Waals surface area contributed by atoms with Crippen LogP contribution in [0, 0.1) is 13.8 Å². The van der Waals surface area contributed by atoms with Gasteiger partial charge in [0.15, 0.2) is 5.13 Å². The van der Waals surface area contributed by atoms with E-state index in [-0.39, 0.29) is 5.91 Å². The fourth-order valence-corrected chi connectivity index (χ4v) is 5.21. The molecule has 164 valence electrons. The summed E-state index contributed by atoms with van der Waals surface area (Å²) in [6.45, 7) is 4.65. The Hall–Kier alpha value is -2.90. The number of aromatic nitrogens is 2. The van der Waals surface area contributed by atoms with Crippen molar-refractivity contribution in [2.45, 2.75) is 31.7 Å². The van der Waals surface area contributed by atoms with Crippen molar-refractivity contribution in [2.24, 2.45) is 0 Å². The fraction of sp³-hybridized carbons (Fsp3) is 0.240. The molecular weight excluding hydrogens is 438 g/mol. The Morgan fingerprint density at radius 3 is 2.53 bits per heavy atom.